The van der Waals surface area contributed by atoms with Gasteiger partial charge < -0.3 is 19.0 Å². The number of ether oxygens (including phenoxy) is 1. The molecule has 0 bridgehead atoms. The first-order chi connectivity index (χ1) is 26.4. The normalized spacial score (nSPS) is 17.7. The summed E-state index contributed by atoms with van der Waals surface area (Å²) in [6.07, 6.45) is 5.95. The molecule has 8 nitrogen and oxygen atoms in total. The Hall–Kier alpha value is -4.86. The number of fused-ring (bicyclic) bond motifs is 3. The summed E-state index contributed by atoms with van der Waals surface area (Å²) in [6.45, 7) is 7.01. The Labute approximate surface area is 321 Å². The molecule has 1 atom stereocenters. The molecule has 2 aromatic heterocycles. The highest BCUT2D eigenvalue weighted by Crippen LogP contribution is 2.39. The summed E-state index contributed by atoms with van der Waals surface area (Å²) in [5.74, 6) is 0.0701. The number of nitrogens with zero attached hydrogens (tertiary/aromatic N) is 5. The molecule has 5 heterocycles. The Balaban J connectivity index is 1.11. The lowest BCUT2D eigenvalue weighted by molar-refractivity contribution is 0.0185. The van der Waals surface area contributed by atoms with Gasteiger partial charge in [-0.2, -0.15) is 0 Å². The minimum Gasteiger partial charge on any atom is -0.508 e. The van der Waals surface area contributed by atoms with Crippen LogP contribution in [0.1, 0.15) is 45.6 Å². The summed E-state index contributed by atoms with van der Waals surface area (Å²) in [7, 11) is 2.03. The molecule has 0 aliphatic carbocycles. The van der Waals surface area contributed by atoms with Gasteiger partial charge in [0.25, 0.3) is 5.91 Å². The van der Waals surface area contributed by atoms with E-state index in [1.165, 1.54) is 16.7 Å². The molecule has 0 unspecified atom stereocenters. The third-order valence-corrected chi connectivity index (χ3v) is 11.9. The van der Waals surface area contributed by atoms with Crippen LogP contribution in [0.2, 0.25) is 5.02 Å². The van der Waals surface area contributed by atoms with Crippen LogP contribution >= 0.6 is 11.6 Å². The summed E-state index contributed by atoms with van der Waals surface area (Å²) >= 11 is 6.82. The van der Waals surface area contributed by atoms with Crippen molar-refractivity contribution in [2.75, 3.05) is 37.7 Å². The fraction of sp³-hybridized carbons (Fsp3) is 0.311. The molecule has 0 spiro atoms. The Morgan fingerprint density at radius 3 is 2.52 bits per heavy atom. The van der Waals surface area contributed by atoms with Crippen molar-refractivity contribution in [2.24, 2.45) is 7.05 Å². The van der Waals surface area contributed by atoms with Gasteiger partial charge in [-0.15, -0.1) is 0 Å². The van der Waals surface area contributed by atoms with Crippen LogP contribution in [0.5, 0.6) is 5.75 Å². The molecule has 4 aromatic carbocycles. The first-order valence-electron chi connectivity index (χ1n) is 19.2. The minimum absolute atomic E-state index is 0.0883. The van der Waals surface area contributed by atoms with Crippen LogP contribution < -0.4 is 4.90 Å². The third-order valence-electron chi connectivity index (χ3n) is 11.7. The van der Waals surface area contributed by atoms with Crippen molar-refractivity contribution in [1.82, 2.24) is 18.9 Å². The van der Waals surface area contributed by atoms with Crippen LogP contribution in [-0.4, -0.2) is 68.8 Å². The molecule has 9 heteroatoms. The number of phenolic OH excluding ortho intramolecular Hbond substituents is 1. The lowest BCUT2D eigenvalue weighted by Crippen LogP contribution is -2.49. The summed E-state index contributed by atoms with van der Waals surface area (Å²) in [6, 6.07) is 32.8. The SMILES string of the molecule is Cn1ccc2cc(N(C(=O)c3cc(-c4cc(Cl)ccc4CN4Cc5ccccc5C[C@H]4CN4CCOCC4)n4c3CCCC4)c3ccc(O)cc3)ccc21. The molecule has 1 saturated heterocycles. The predicted octanol–water partition coefficient (Wildman–Crippen LogP) is 8.58. The number of carbonyl (C=O) groups is 1. The van der Waals surface area contributed by atoms with E-state index in [4.69, 9.17) is 16.3 Å². The first kappa shape index (κ1) is 34.9. The van der Waals surface area contributed by atoms with Gasteiger partial charge in [-0.3, -0.25) is 19.5 Å². The van der Waals surface area contributed by atoms with E-state index in [1.807, 2.05) is 37.5 Å². The number of hydrogen-bond donors (Lipinski definition) is 1. The number of aromatic nitrogens is 2. The highest BCUT2D eigenvalue weighted by atomic mass is 35.5. The number of aryl methyl sites for hydroxylation is 1. The van der Waals surface area contributed by atoms with Crippen LogP contribution in [0.25, 0.3) is 22.2 Å². The van der Waals surface area contributed by atoms with E-state index >= 15 is 4.79 Å². The molecular formula is C45H46ClN5O3. The number of aromatic hydroxyl groups is 1. The van der Waals surface area contributed by atoms with E-state index in [0.717, 1.165) is 112 Å². The Morgan fingerprint density at radius 1 is 0.889 bits per heavy atom. The fourth-order valence-corrected chi connectivity index (χ4v) is 9.00. The van der Waals surface area contributed by atoms with E-state index in [-0.39, 0.29) is 11.7 Å². The standard InChI is InChI=1S/C45H46ClN5O3/c1-47-19-17-32-25-37(13-16-42(32)47)51(36-11-14-39(52)15-12-36)45(53)41-27-44(50-18-5-4-8-43(41)50)40-26-35(46)10-9-34(40)29-49-28-33-7-3-2-6-31(33)24-38(49)30-48-20-22-54-23-21-48/h2-3,6-7,9-17,19,25-27,38,52H,4-5,8,18,20-24,28-30H2,1H3/t38-/m0/s1. The van der Waals surface area contributed by atoms with Crippen LogP contribution in [-0.2, 0) is 44.3 Å². The molecular weight excluding hydrogens is 694 g/mol. The van der Waals surface area contributed by atoms with Gasteiger partial charge in [0.2, 0.25) is 0 Å². The van der Waals surface area contributed by atoms with Crippen molar-refractivity contribution in [1.29, 1.82) is 0 Å². The number of halogens is 1. The topological polar surface area (TPSA) is 66.1 Å². The summed E-state index contributed by atoms with van der Waals surface area (Å²) in [4.78, 5) is 22.1. The largest absolute Gasteiger partial charge is 0.508 e. The number of hydrogen-bond acceptors (Lipinski definition) is 5. The summed E-state index contributed by atoms with van der Waals surface area (Å²) in [5.41, 5.74) is 10.5. The van der Waals surface area contributed by atoms with Crippen LogP contribution in [0.4, 0.5) is 11.4 Å². The maximum Gasteiger partial charge on any atom is 0.264 e. The zero-order valence-corrected chi connectivity index (χ0v) is 31.5. The van der Waals surface area contributed by atoms with E-state index in [9.17, 15) is 5.11 Å². The van der Waals surface area contributed by atoms with Crippen LogP contribution in [0.3, 0.4) is 0 Å². The molecule has 0 saturated carbocycles. The monoisotopic (exact) mass is 739 g/mol. The molecule has 3 aliphatic rings. The van der Waals surface area contributed by atoms with Crippen LogP contribution in [0.15, 0.2) is 103 Å². The molecule has 1 fully saturated rings. The Kier molecular flexibility index (Phi) is 9.53. The molecule has 9 rings (SSSR count). The number of rotatable bonds is 8. The van der Waals surface area contributed by atoms with Gasteiger partial charge in [0, 0.05) is 103 Å². The van der Waals surface area contributed by atoms with Crippen molar-refractivity contribution in [2.45, 2.75) is 51.4 Å². The zero-order chi connectivity index (χ0) is 36.8. The smallest absolute Gasteiger partial charge is 0.264 e. The average molecular weight is 740 g/mol. The maximum atomic E-state index is 15.1. The second-order valence-electron chi connectivity index (χ2n) is 15.1. The number of anilines is 2. The van der Waals surface area contributed by atoms with Gasteiger partial charge in [-0.25, -0.2) is 0 Å². The second-order valence-corrected chi connectivity index (χ2v) is 15.5. The molecule has 1 N–H and O–H groups in total. The van der Waals surface area contributed by atoms with Crippen molar-refractivity contribution < 1.29 is 14.6 Å². The third kappa shape index (κ3) is 6.73. The minimum atomic E-state index is -0.0883. The number of morpholine rings is 1. The molecule has 3 aliphatic heterocycles. The van der Waals surface area contributed by atoms with E-state index in [2.05, 4.69) is 79.6 Å². The lowest BCUT2D eigenvalue weighted by Gasteiger charge is -2.40. The summed E-state index contributed by atoms with van der Waals surface area (Å²) < 4.78 is 10.1. The van der Waals surface area contributed by atoms with Crippen molar-refractivity contribution in [3.05, 3.63) is 136 Å². The highest BCUT2D eigenvalue weighted by Gasteiger charge is 2.32. The molecule has 276 valence electrons. The number of amides is 1. The van der Waals surface area contributed by atoms with Gasteiger partial charge in [0.15, 0.2) is 0 Å². The van der Waals surface area contributed by atoms with Gasteiger partial charge in [0.1, 0.15) is 5.75 Å². The van der Waals surface area contributed by atoms with Gasteiger partial charge in [-0.1, -0.05) is 41.9 Å². The summed E-state index contributed by atoms with van der Waals surface area (Å²) in [5, 5.41) is 11.9. The number of benzene rings is 4. The molecule has 0 radical (unpaired) electrons. The Morgan fingerprint density at radius 2 is 1.69 bits per heavy atom. The molecule has 1 amide bonds. The van der Waals surface area contributed by atoms with Crippen molar-refractivity contribution in [3.63, 3.8) is 0 Å². The lowest BCUT2D eigenvalue weighted by atomic mass is 9.92. The second kappa shape index (κ2) is 14.8. The van der Waals surface area contributed by atoms with Crippen LogP contribution in [0, 0.1) is 0 Å². The predicted molar refractivity (Wildman–Crippen MR) is 216 cm³/mol. The zero-order valence-electron chi connectivity index (χ0n) is 30.8. The van der Waals surface area contributed by atoms with Gasteiger partial charge in [0.05, 0.1) is 18.8 Å². The van der Waals surface area contributed by atoms with E-state index in [1.54, 1.807) is 17.0 Å². The van der Waals surface area contributed by atoms with Crippen molar-refractivity contribution in [3.8, 4) is 17.0 Å². The van der Waals surface area contributed by atoms with E-state index in [0.29, 0.717) is 22.3 Å². The van der Waals surface area contributed by atoms with Gasteiger partial charge >= 0.3 is 0 Å². The molecule has 54 heavy (non-hydrogen) atoms. The Bertz CT molecular complexity index is 2320. The quantitative estimate of drug-likeness (QED) is 0.170. The number of phenols is 1. The number of carbonyl (C=O) groups excluding carboxylic acids is 1. The van der Waals surface area contributed by atoms with E-state index < -0.39 is 0 Å². The average Bonchev–Trinajstić information content (AvgIpc) is 3.77. The highest BCUT2D eigenvalue weighted by molar-refractivity contribution is 6.31. The van der Waals surface area contributed by atoms with Crippen molar-refractivity contribution >= 4 is 39.8 Å². The fourth-order valence-electron chi connectivity index (χ4n) is 8.83. The first-order valence-corrected chi connectivity index (χ1v) is 19.6. The maximum absolute atomic E-state index is 15.1. The molecule has 6 aromatic rings. The van der Waals surface area contributed by atoms with Gasteiger partial charge in [-0.05, 0) is 109 Å².